The molecule has 0 radical (unpaired) electrons. The van der Waals surface area contributed by atoms with Crippen LogP contribution in [0.3, 0.4) is 0 Å². The Labute approximate surface area is 176 Å². The fourth-order valence-corrected chi connectivity index (χ4v) is 3.60. The van der Waals surface area contributed by atoms with Gasteiger partial charge >= 0.3 is 0 Å². The van der Waals surface area contributed by atoms with E-state index in [9.17, 15) is 5.11 Å². The van der Waals surface area contributed by atoms with E-state index in [0.717, 1.165) is 41.1 Å². The molecule has 0 amide bonds. The fourth-order valence-electron chi connectivity index (χ4n) is 3.60. The number of anilines is 1. The lowest BCUT2D eigenvalue weighted by Crippen LogP contribution is -2.36. The highest BCUT2D eigenvalue weighted by molar-refractivity contribution is 5.92. The molecule has 0 spiro atoms. The van der Waals surface area contributed by atoms with Gasteiger partial charge in [0.25, 0.3) is 0 Å². The molecule has 3 heterocycles. The van der Waals surface area contributed by atoms with E-state index in [1.54, 1.807) is 0 Å². The SMILES string of the molecule is CC(C)n1ncc2c(N3CCOCC3)cc(-c3cccc(OC[C@H](O)CN)c3)nc21. The lowest BCUT2D eigenvalue weighted by atomic mass is 10.1. The van der Waals surface area contributed by atoms with Crippen molar-refractivity contribution in [2.45, 2.75) is 26.0 Å². The third-order valence-electron chi connectivity index (χ3n) is 5.23. The quantitative estimate of drug-likeness (QED) is 0.615. The van der Waals surface area contributed by atoms with E-state index < -0.39 is 6.10 Å². The molecule has 0 saturated carbocycles. The Morgan fingerprint density at radius 2 is 2.03 bits per heavy atom. The van der Waals surface area contributed by atoms with Gasteiger partial charge in [-0.3, -0.25) is 0 Å². The number of nitrogens with two attached hydrogens (primary N) is 1. The average molecular weight is 412 g/mol. The number of pyridine rings is 1. The number of morpholine rings is 1. The maximum atomic E-state index is 9.68. The van der Waals surface area contributed by atoms with E-state index in [2.05, 4.69) is 29.9 Å². The maximum absolute atomic E-state index is 9.68. The molecule has 1 saturated heterocycles. The van der Waals surface area contributed by atoms with Crippen molar-refractivity contribution < 1.29 is 14.6 Å². The molecule has 30 heavy (non-hydrogen) atoms. The molecule has 1 aliphatic rings. The van der Waals surface area contributed by atoms with Crippen LogP contribution in [-0.2, 0) is 4.74 Å². The highest BCUT2D eigenvalue weighted by atomic mass is 16.5. The summed E-state index contributed by atoms with van der Waals surface area (Å²) in [6, 6.07) is 10.1. The monoisotopic (exact) mass is 411 g/mol. The molecule has 8 nitrogen and oxygen atoms in total. The van der Waals surface area contributed by atoms with E-state index in [4.69, 9.17) is 20.2 Å². The molecule has 1 fully saturated rings. The number of rotatable bonds is 7. The molecule has 1 aromatic carbocycles. The van der Waals surface area contributed by atoms with Crippen molar-refractivity contribution in [3.8, 4) is 17.0 Å². The number of aromatic nitrogens is 3. The van der Waals surface area contributed by atoms with Gasteiger partial charge in [-0.1, -0.05) is 12.1 Å². The van der Waals surface area contributed by atoms with E-state index in [1.165, 1.54) is 0 Å². The molecule has 2 aromatic heterocycles. The van der Waals surface area contributed by atoms with E-state index in [1.807, 2.05) is 35.1 Å². The number of aliphatic hydroxyl groups excluding tert-OH is 1. The van der Waals surface area contributed by atoms with Crippen molar-refractivity contribution in [1.82, 2.24) is 14.8 Å². The highest BCUT2D eigenvalue weighted by Gasteiger charge is 2.20. The second kappa shape index (κ2) is 8.99. The van der Waals surface area contributed by atoms with Gasteiger partial charge in [0.2, 0.25) is 0 Å². The van der Waals surface area contributed by atoms with Gasteiger partial charge in [0.15, 0.2) is 5.65 Å². The zero-order valence-corrected chi connectivity index (χ0v) is 17.5. The van der Waals surface area contributed by atoms with E-state index in [-0.39, 0.29) is 19.2 Å². The Morgan fingerprint density at radius 1 is 1.23 bits per heavy atom. The summed E-state index contributed by atoms with van der Waals surface area (Å²) in [5.74, 6) is 0.673. The largest absolute Gasteiger partial charge is 0.491 e. The van der Waals surface area contributed by atoms with Crippen LogP contribution < -0.4 is 15.4 Å². The summed E-state index contributed by atoms with van der Waals surface area (Å²) in [6.45, 7) is 7.63. The first-order chi connectivity index (χ1) is 14.6. The van der Waals surface area contributed by atoms with Crippen LogP contribution in [0.4, 0.5) is 5.69 Å². The summed E-state index contributed by atoms with van der Waals surface area (Å²) in [4.78, 5) is 7.29. The van der Waals surface area contributed by atoms with Gasteiger partial charge < -0.3 is 25.2 Å². The molecule has 0 aliphatic carbocycles. The van der Waals surface area contributed by atoms with Gasteiger partial charge in [-0.05, 0) is 32.0 Å². The van der Waals surface area contributed by atoms with Gasteiger partial charge in [0.1, 0.15) is 18.5 Å². The van der Waals surface area contributed by atoms with Crippen LogP contribution >= 0.6 is 0 Å². The summed E-state index contributed by atoms with van der Waals surface area (Å²) in [5, 5.41) is 15.3. The van der Waals surface area contributed by atoms with Crippen LogP contribution in [0.15, 0.2) is 36.5 Å². The molecule has 1 aliphatic heterocycles. The standard InChI is InChI=1S/C22H29N5O3/c1-15(2)27-22-19(13-24-27)21(26-6-8-29-9-7-26)11-20(25-22)16-4-3-5-18(10-16)30-14-17(28)12-23/h3-5,10-11,13,15,17,28H,6-9,12,14,23H2,1-2H3/t17-/m1/s1. The van der Waals surface area contributed by atoms with E-state index in [0.29, 0.717) is 19.0 Å². The number of aliphatic hydroxyl groups is 1. The minimum Gasteiger partial charge on any atom is -0.491 e. The average Bonchev–Trinajstić information content (AvgIpc) is 3.22. The number of nitrogens with zero attached hydrogens (tertiary/aromatic N) is 4. The molecule has 0 unspecified atom stereocenters. The highest BCUT2D eigenvalue weighted by Crippen LogP contribution is 2.33. The van der Waals surface area contributed by atoms with Crippen molar-refractivity contribution in [3.63, 3.8) is 0 Å². The maximum Gasteiger partial charge on any atom is 0.160 e. The van der Waals surface area contributed by atoms with Crippen molar-refractivity contribution in [1.29, 1.82) is 0 Å². The number of hydrogen-bond acceptors (Lipinski definition) is 7. The second-order valence-corrected chi connectivity index (χ2v) is 7.77. The summed E-state index contributed by atoms with van der Waals surface area (Å²) >= 11 is 0. The van der Waals surface area contributed by atoms with Crippen molar-refractivity contribution >= 4 is 16.7 Å². The molecule has 1 atom stereocenters. The summed E-state index contributed by atoms with van der Waals surface area (Å²) < 4.78 is 13.2. The van der Waals surface area contributed by atoms with Crippen LogP contribution in [0.5, 0.6) is 5.75 Å². The van der Waals surface area contributed by atoms with Gasteiger partial charge in [0, 0.05) is 31.2 Å². The molecule has 8 heteroatoms. The van der Waals surface area contributed by atoms with E-state index >= 15 is 0 Å². The van der Waals surface area contributed by atoms with Crippen LogP contribution in [0.1, 0.15) is 19.9 Å². The predicted molar refractivity (Wildman–Crippen MR) is 117 cm³/mol. The number of benzene rings is 1. The summed E-state index contributed by atoms with van der Waals surface area (Å²) in [7, 11) is 0. The lowest BCUT2D eigenvalue weighted by Gasteiger charge is -2.29. The Hall–Kier alpha value is -2.68. The van der Waals surface area contributed by atoms with Crippen LogP contribution in [-0.4, -0.2) is 65.4 Å². The lowest BCUT2D eigenvalue weighted by molar-refractivity contribution is 0.114. The topological polar surface area (TPSA) is 98.7 Å². The third-order valence-corrected chi connectivity index (χ3v) is 5.23. The number of fused-ring (bicyclic) bond motifs is 1. The molecular weight excluding hydrogens is 382 g/mol. The predicted octanol–water partition coefficient (Wildman–Crippen LogP) is 2.21. The fraction of sp³-hybridized carbons (Fsp3) is 0.455. The number of ether oxygens (including phenoxy) is 2. The van der Waals surface area contributed by atoms with Crippen LogP contribution in [0.25, 0.3) is 22.3 Å². The smallest absolute Gasteiger partial charge is 0.160 e. The molecular formula is C22H29N5O3. The molecule has 0 bridgehead atoms. The minimum absolute atomic E-state index is 0.158. The summed E-state index contributed by atoms with van der Waals surface area (Å²) in [6.07, 6.45) is 1.22. The normalized spacial score (nSPS) is 15.7. The molecule has 160 valence electrons. The first-order valence-electron chi connectivity index (χ1n) is 10.4. The first-order valence-corrected chi connectivity index (χ1v) is 10.4. The van der Waals surface area contributed by atoms with Crippen molar-refractivity contribution in [2.75, 3.05) is 44.4 Å². The summed E-state index contributed by atoms with van der Waals surface area (Å²) in [5.41, 5.74) is 9.26. The van der Waals surface area contributed by atoms with Gasteiger partial charge in [0.05, 0.1) is 36.2 Å². The zero-order chi connectivity index (χ0) is 21.1. The first kappa shape index (κ1) is 20.6. The zero-order valence-electron chi connectivity index (χ0n) is 17.5. The van der Waals surface area contributed by atoms with Gasteiger partial charge in [-0.2, -0.15) is 5.10 Å². The van der Waals surface area contributed by atoms with Crippen molar-refractivity contribution in [3.05, 3.63) is 36.5 Å². The molecule has 3 N–H and O–H groups in total. The Balaban J connectivity index is 1.76. The second-order valence-electron chi connectivity index (χ2n) is 7.77. The number of hydrogen-bond donors (Lipinski definition) is 2. The minimum atomic E-state index is -0.684. The molecule has 3 aromatic rings. The van der Waals surface area contributed by atoms with Crippen LogP contribution in [0.2, 0.25) is 0 Å². The van der Waals surface area contributed by atoms with Gasteiger partial charge in [-0.25, -0.2) is 9.67 Å². The van der Waals surface area contributed by atoms with Gasteiger partial charge in [-0.15, -0.1) is 0 Å². The third kappa shape index (κ3) is 4.26. The van der Waals surface area contributed by atoms with Crippen LogP contribution in [0, 0.1) is 0 Å². The Morgan fingerprint density at radius 3 is 2.77 bits per heavy atom. The Kier molecular flexibility index (Phi) is 6.17. The Bertz CT molecular complexity index is 998. The molecule has 4 rings (SSSR count). The van der Waals surface area contributed by atoms with Crippen molar-refractivity contribution in [2.24, 2.45) is 5.73 Å².